The number of nitrogens with one attached hydrogen (secondary N) is 1. The average Bonchev–Trinajstić information content (AvgIpc) is 2.66. The molecule has 0 atom stereocenters. The SMILES string of the molecule is CC(C)(C)c1ccc(C(=O)NCc2ccnc(-c3ccncc3)c2)cc1. The molecule has 2 heterocycles. The second kappa shape index (κ2) is 7.48. The lowest BCUT2D eigenvalue weighted by atomic mass is 9.87. The van der Waals surface area contributed by atoms with E-state index in [1.54, 1.807) is 18.6 Å². The fraction of sp³-hybridized carbons (Fsp3) is 0.227. The van der Waals surface area contributed by atoms with E-state index in [4.69, 9.17) is 0 Å². The zero-order chi connectivity index (χ0) is 18.6. The second-order valence-electron chi connectivity index (χ2n) is 7.30. The van der Waals surface area contributed by atoms with Crippen molar-refractivity contribution in [3.05, 3.63) is 83.8 Å². The number of amides is 1. The van der Waals surface area contributed by atoms with Crippen molar-refractivity contribution >= 4 is 5.91 Å². The molecular weight excluding hydrogens is 322 g/mol. The standard InChI is InChI=1S/C22H23N3O/c1-22(2,3)19-6-4-18(5-7-19)21(26)25-15-16-8-13-24-20(14-16)17-9-11-23-12-10-17/h4-14H,15H2,1-3H3,(H,25,26). The molecule has 26 heavy (non-hydrogen) atoms. The maximum Gasteiger partial charge on any atom is 0.251 e. The third-order valence-electron chi connectivity index (χ3n) is 4.27. The molecule has 4 nitrogen and oxygen atoms in total. The highest BCUT2D eigenvalue weighted by atomic mass is 16.1. The van der Waals surface area contributed by atoms with E-state index in [0.29, 0.717) is 12.1 Å². The number of nitrogens with zero attached hydrogens (tertiary/aromatic N) is 2. The topological polar surface area (TPSA) is 54.9 Å². The molecule has 0 aliphatic carbocycles. The van der Waals surface area contributed by atoms with Crippen molar-refractivity contribution in [1.29, 1.82) is 0 Å². The van der Waals surface area contributed by atoms with Gasteiger partial charge in [0, 0.05) is 36.3 Å². The molecule has 0 saturated carbocycles. The lowest BCUT2D eigenvalue weighted by molar-refractivity contribution is 0.0951. The maximum atomic E-state index is 12.4. The highest BCUT2D eigenvalue weighted by molar-refractivity contribution is 5.94. The van der Waals surface area contributed by atoms with Gasteiger partial charge >= 0.3 is 0 Å². The molecule has 1 aromatic carbocycles. The van der Waals surface area contributed by atoms with Gasteiger partial charge in [-0.2, -0.15) is 0 Å². The highest BCUT2D eigenvalue weighted by Crippen LogP contribution is 2.22. The van der Waals surface area contributed by atoms with Crippen LogP contribution in [0.5, 0.6) is 0 Å². The van der Waals surface area contributed by atoms with Crippen LogP contribution in [-0.2, 0) is 12.0 Å². The van der Waals surface area contributed by atoms with Gasteiger partial charge in [-0.25, -0.2) is 0 Å². The molecule has 1 amide bonds. The molecule has 0 saturated heterocycles. The van der Waals surface area contributed by atoms with E-state index in [2.05, 4.69) is 36.1 Å². The van der Waals surface area contributed by atoms with Crippen LogP contribution in [0.2, 0.25) is 0 Å². The number of rotatable bonds is 4. The smallest absolute Gasteiger partial charge is 0.251 e. The van der Waals surface area contributed by atoms with E-state index < -0.39 is 0 Å². The summed E-state index contributed by atoms with van der Waals surface area (Å²) in [6, 6.07) is 15.5. The molecule has 0 fully saturated rings. The highest BCUT2D eigenvalue weighted by Gasteiger charge is 2.14. The Morgan fingerprint density at radius 2 is 1.65 bits per heavy atom. The van der Waals surface area contributed by atoms with Gasteiger partial charge in [0.15, 0.2) is 0 Å². The van der Waals surface area contributed by atoms with Crippen LogP contribution in [0, 0.1) is 0 Å². The molecular formula is C22H23N3O. The van der Waals surface area contributed by atoms with Gasteiger partial charge in [0.25, 0.3) is 5.91 Å². The lowest BCUT2D eigenvalue weighted by Gasteiger charge is -2.19. The fourth-order valence-corrected chi connectivity index (χ4v) is 2.67. The van der Waals surface area contributed by atoms with Gasteiger partial charge in [0.05, 0.1) is 5.69 Å². The van der Waals surface area contributed by atoms with Crippen molar-refractivity contribution in [2.45, 2.75) is 32.7 Å². The van der Waals surface area contributed by atoms with Crippen LogP contribution in [0.1, 0.15) is 42.3 Å². The molecule has 2 aromatic heterocycles. The summed E-state index contributed by atoms with van der Waals surface area (Å²) in [4.78, 5) is 20.8. The maximum absolute atomic E-state index is 12.4. The molecule has 4 heteroatoms. The van der Waals surface area contributed by atoms with E-state index in [1.165, 1.54) is 5.56 Å². The Morgan fingerprint density at radius 1 is 0.962 bits per heavy atom. The molecule has 0 bridgehead atoms. The summed E-state index contributed by atoms with van der Waals surface area (Å²) < 4.78 is 0. The number of benzene rings is 1. The molecule has 0 spiro atoms. The first-order valence-electron chi connectivity index (χ1n) is 8.67. The van der Waals surface area contributed by atoms with Gasteiger partial charge in [0.1, 0.15) is 0 Å². The third-order valence-corrected chi connectivity index (χ3v) is 4.27. The van der Waals surface area contributed by atoms with Crippen LogP contribution in [0.4, 0.5) is 0 Å². The minimum absolute atomic E-state index is 0.0762. The summed E-state index contributed by atoms with van der Waals surface area (Å²) in [5.41, 5.74) is 4.84. The summed E-state index contributed by atoms with van der Waals surface area (Å²) in [7, 11) is 0. The fourth-order valence-electron chi connectivity index (χ4n) is 2.67. The number of aromatic nitrogens is 2. The molecule has 1 N–H and O–H groups in total. The number of hydrogen-bond acceptors (Lipinski definition) is 3. The summed E-state index contributed by atoms with van der Waals surface area (Å²) >= 11 is 0. The lowest BCUT2D eigenvalue weighted by Crippen LogP contribution is -2.23. The molecule has 132 valence electrons. The Balaban J connectivity index is 1.66. The number of pyridine rings is 2. The summed E-state index contributed by atoms with van der Waals surface area (Å²) in [5.74, 6) is -0.0762. The predicted molar refractivity (Wildman–Crippen MR) is 104 cm³/mol. The van der Waals surface area contributed by atoms with Crippen molar-refractivity contribution < 1.29 is 4.79 Å². The average molecular weight is 345 g/mol. The zero-order valence-corrected chi connectivity index (χ0v) is 15.4. The summed E-state index contributed by atoms with van der Waals surface area (Å²) in [6.07, 6.45) is 5.24. The number of carbonyl (C=O) groups excluding carboxylic acids is 1. The Bertz CT molecular complexity index is 881. The Morgan fingerprint density at radius 3 is 2.31 bits per heavy atom. The van der Waals surface area contributed by atoms with Crippen molar-refractivity contribution in [3.63, 3.8) is 0 Å². The normalized spacial score (nSPS) is 11.2. The summed E-state index contributed by atoms with van der Waals surface area (Å²) in [5, 5.41) is 2.97. The molecule has 3 aromatic rings. The van der Waals surface area contributed by atoms with E-state index in [0.717, 1.165) is 16.8 Å². The third kappa shape index (κ3) is 4.33. The quantitative estimate of drug-likeness (QED) is 0.764. The van der Waals surface area contributed by atoms with Gasteiger partial charge in [-0.1, -0.05) is 32.9 Å². The Hall–Kier alpha value is -3.01. The van der Waals surface area contributed by atoms with Crippen molar-refractivity contribution in [2.24, 2.45) is 0 Å². The molecule has 0 aliphatic rings. The predicted octanol–water partition coefficient (Wildman–Crippen LogP) is 4.37. The molecule has 0 unspecified atom stereocenters. The van der Waals surface area contributed by atoms with Crippen molar-refractivity contribution in [3.8, 4) is 11.3 Å². The molecule has 0 radical (unpaired) electrons. The van der Waals surface area contributed by atoms with E-state index in [9.17, 15) is 4.79 Å². The number of hydrogen-bond donors (Lipinski definition) is 1. The van der Waals surface area contributed by atoms with Gasteiger partial charge in [-0.05, 0) is 52.9 Å². The zero-order valence-electron chi connectivity index (χ0n) is 15.4. The minimum Gasteiger partial charge on any atom is -0.348 e. The van der Waals surface area contributed by atoms with Crippen molar-refractivity contribution in [1.82, 2.24) is 15.3 Å². The van der Waals surface area contributed by atoms with Crippen LogP contribution >= 0.6 is 0 Å². The number of carbonyl (C=O) groups is 1. The van der Waals surface area contributed by atoms with Gasteiger partial charge < -0.3 is 5.32 Å². The van der Waals surface area contributed by atoms with Gasteiger partial charge in [0.2, 0.25) is 0 Å². The Labute approximate surface area is 154 Å². The Kier molecular flexibility index (Phi) is 5.12. The second-order valence-corrected chi connectivity index (χ2v) is 7.30. The first kappa shape index (κ1) is 17.8. The molecule has 0 aliphatic heterocycles. The van der Waals surface area contributed by atoms with Crippen molar-refractivity contribution in [2.75, 3.05) is 0 Å². The van der Waals surface area contributed by atoms with Crippen LogP contribution < -0.4 is 5.32 Å². The van der Waals surface area contributed by atoms with Gasteiger partial charge in [-0.3, -0.25) is 14.8 Å². The summed E-state index contributed by atoms with van der Waals surface area (Å²) in [6.45, 7) is 6.93. The molecule has 3 rings (SSSR count). The monoisotopic (exact) mass is 345 g/mol. The first-order valence-corrected chi connectivity index (χ1v) is 8.67. The van der Waals surface area contributed by atoms with E-state index >= 15 is 0 Å². The minimum atomic E-state index is -0.0762. The van der Waals surface area contributed by atoms with E-state index in [1.807, 2.05) is 48.5 Å². The largest absolute Gasteiger partial charge is 0.348 e. The van der Waals surface area contributed by atoms with E-state index in [-0.39, 0.29) is 11.3 Å². The van der Waals surface area contributed by atoms with Crippen LogP contribution in [-0.4, -0.2) is 15.9 Å². The first-order chi connectivity index (χ1) is 12.4. The van der Waals surface area contributed by atoms with Crippen LogP contribution in [0.3, 0.4) is 0 Å². The van der Waals surface area contributed by atoms with Gasteiger partial charge in [-0.15, -0.1) is 0 Å². The van der Waals surface area contributed by atoms with Crippen LogP contribution in [0.25, 0.3) is 11.3 Å². The van der Waals surface area contributed by atoms with Crippen LogP contribution in [0.15, 0.2) is 67.1 Å².